The first-order valence-corrected chi connectivity index (χ1v) is 8.08. The topological polar surface area (TPSA) is 76.2 Å². The van der Waals surface area contributed by atoms with Crippen molar-refractivity contribution in [3.8, 4) is 22.5 Å². The van der Waals surface area contributed by atoms with Crippen molar-refractivity contribution in [3.05, 3.63) is 84.8 Å². The van der Waals surface area contributed by atoms with Crippen molar-refractivity contribution < 1.29 is 4.42 Å². The van der Waals surface area contributed by atoms with Crippen LogP contribution in [0.25, 0.3) is 22.5 Å². The van der Waals surface area contributed by atoms with E-state index in [1.807, 2.05) is 60.7 Å². The Labute approximate surface area is 150 Å². The van der Waals surface area contributed by atoms with Crippen LogP contribution in [0.2, 0.25) is 0 Å². The Balaban J connectivity index is 1.70. The van der Waals surface area contributed by atoms with Gasteiger partial charge < -0.3 is 4.42 Å². The molecular formula is C20H15N5O. The number of benzene rings is 2. The molecule has 6 nitrogen and oxygen atoms in total. The van der Waals surface area contributed by atoms with Crippen molar-refractivity contribution in [2.45, 2.75) is 0 Å². The zero-order chi connectivity index (χ0) is 17.6. The molecule has 0 fully saturated rings. The first-order chi connectivity index (χ1) is 12.9. The summed E-state index contributed by atoms with van der Waals surface area (Å²) >= 11 is 0. The predicted octanol–water partition coefficient (Wildman–Crippen LogP) is 4.24. The average molecular weight is 341 g/mol. The minimum Gasteiger partial charge on any atom is -0.463 e. The molecule has 0 bridgehead atoms. The molecule has 126 valence electrons. The van der Waals surface area contributed by atoms with Crippen molar-refractivity contribution in [2.75, 3.05) is 5.43 Å². The summed E-state index contributed by atoms with van der Waals surface area (Å²) in [5.41, 5.74) is 6.17. The number of nitrogens with one attached hydrogen (secondary N) is 1. The van der Waals surface area contributed by atoms with E-state index in [0.29, 0.717) is 11.7 Å². The third-order valence-electron chi connectivity index (χ3n) is 3.68. The lowest BCUT2D eigenvalue weighted by Crippen LogP contribution is -2.03. The molecule has 0 unspecified atom stereocenters. The van der Waals surface area contributed by atoms with Gasteiger partial charge in [0.1, 0.15) is 17.1 Å². The van der Waals surface area contributed by atoms with Gasteiger partial charge in [0, 0.05) is 11.1 Å². The van der Waals surface area contributed by atoms with Gasteiger partial charge in [-0.05, 0) is 12.1 Å². The quantitative estimate of drug-likeness (QED) is 0.434. The second-order valence-electron chi connectivity index (χ2n) is 5.45. The van der Waals surface area contributed by atoms with Gasteiger partial charge in [0.05, 0.1) is 12.5 Å². The molecule has 6 heteroatoms. The Kier molecular flexibility index (Phi) is 4.47. The first kappa shape index (κ1) is 15.7. The zero-order valence-corrected chi connectivity index (χ0v) is 13.8. The summed E-state index contributed by atoms with van der Waals surface area (Å²) in [7, 11) is 0. The van der Waals surface area contributed by atoms with Gasteiger partial charge in [0.2, 0.25) is 0 Å². The van der Waals surface area contributed by atoms with Gasteiger partial charge in [0.25, 0.3) is 5.95 Å². The molecule has 1 N–H and O–H groups in total. The van der Waals surface area contributed by atoms with Crippen LogP contribution >= 0.6 is 0 Å². The monoisotopic (exact) mass is 341 g/mol. The van der Waals surface area contributed by atoms with Crippen molar-refractivity contribution in [1.29, 1.82) is 0 Å². The average Bonchev–Trinajstić information content (AvgIpc) is 3.23. The SMILES string of the molecule is C(=N\Nc1nnc(-c2ccccc2)c(-c2ccccc2)n1)/c1ccco1. The van der Waals surface area contributed by atoms with Gasteiger partial charge in [-0.15, -0.1) is 10.2 Å². The van der Waals surface area contributed by atoms with Crippen LogP contribution in [0.1, 0.15) is 5.76 Å². The smallest absolute Gasteiger partial charge is 0.263 e. The maximum atomic E-state index is 5.20. The molecule has 0 spiro atoms. The third-order valence-corrected chi connectivity index (χ3v) is 3.68. The van der Waals surface area contributed by atoms with Gasteiger partial charge in [0.15, 0.2) is 0 Å². The highest BCUT2D eigenvalue weighted by atomic mass is 16.3. The van der Waals surface area contributed by atoms with Crippen LogP contribution in [-0.4, -0.2) is 21.4 Å². The van der Waals surface area contributed by atoms with Crippen LogP contribution in [0.4, 0.5) is 5.95 Å². The molecule has 0 atom stereocenters. The molecular weight excluding hydrogens is 326 g/mol. The van der Waals surface area contributed by atoms with E-state index in [0.717, 1.165) is 22.5 Å². The zero-order valence-electron chi connectivity index (χ0n) is 13.8. The van der Waals surface area contributed by atoms with E-state index in [4.69, 9.17) is 4.42 Å². The lowest BCUT2D eigenvalue weighted by Gasteiger charge is -2.09. The number of hydrogen-bond donors (Lipinski definition) is 1. The fourth-order valence-electron chi connectivity index (χ4n) is 2.48. The summed E-state index contributed by atoms with van der Waals surface area (Å²) < 4.78 is 5.20. The highest BCUT2D eigenvalue weighted by Crippen LogP contribution is 2.28. The van der Waals surface area contributed by atoms with E-state index in [9.17, 15) is 0 Å². The molecule has 0 aliphatic heterocycles. The Bertz CT molecular complexity index is 999. The molecule has 4 rings (SSSR count). The number of nitrogens with zero attached hydrogens (tertiary/aromatic N) is 4. The highest BCUT2D eigenvalue weighted by Gasteiger charge is 2.13. The van der Waals surface area contributed by atoms with Gasteiger partial charge in [-0.25, -0.2) is 10.4 Å². The van der Waals surface area contributed by atoms with Crippen molar-refractivity contribution in [2.24, 2.45) is 5.10 Å². The Morgan fingerprint density at radius 3 is 2.12 bits per heavy atom. The van der Waals surface area contributed by atoms with Crippen LogP contribution in [-0.2, 0) is 0 Å². The molecule has 26 heavy (non-hydrogen) atoms. The number of aromatic nitrogens is 3. The molecule has 4 aromatic rings. The molecule has 2 aromatic heterocycles. The van der Waals surface area contributed by atoms with E-state index in [2.05, 4.69) is 25.7 Å². The summed E-state index contributed by atoms with van der Waals surface area (Å²) in [4.78, 5) is 4.61. The van der Waals surface area contributed by atoms with Crippen molar-refractivity contribution >= 4 is 12.2 Å². The summed E-state index contributed by atoms with van der Waals surface area (Å²) in [6.45, 7) is 0. The first-order valence-electron chi connectivity index (χ1n) is 8.08. The number of rotatable bonds is 5. The minimum atomic E-state index is 0.311. The van der Waals surface area contributed by atoms with Gasteiger partial charge in [-0.2, -0.15) is 5.10 Å². The molecule has 0 saturated carbocycles. The molecule has 0 aliphatic carbocycles. The molecule has 0 saturated heterocycles. The summed E-state index contributed by atoms with van der Waals surface area (Å²) in [5.74, 6) is 0.945. The summed E-state index contributed by atoms with van der Waals surface area (Å²) in [6.07, 6.45) is 3.14. The van der Waals surface area contributed by atoms with E-state index in [1.54, 1.807) is 24.6 Å². The maximum absolute atomic E-state index is 5.20. The Morgan fingerprint density at radius 1 is 0.769 bits per heavy atom. The normalized spacial score (nSPS) is 10.9. The molecule has 2 heterocycles. The fraction of sp³-hybridized carbons (Fsp3) is 0. The number of furan rings is 1. The Hall–Kier alpha value is -3.80. The highest BCUT2D eigenvalue weighted by molar-refractivity contribution is 5.78. The van der Waals surface area contributed by atoms with E-state index >= 15 is 0 Å². The predicted molar refractivity (Wildman–Crippen MR) is 101 cm³/mol. The van der Waals surface area contributed by atoms with E-state index in [-0.39, 0.29) is 0 Å². The van der Waals surface area contributed by atoms with E-state index < -0.39 is 0 Å². The van der Waals surface area contributed by atoms with Gasteiger partial charge in [-0.1, -0.05) is 60.7 Å². The Morgan fingerprint density at radius 2 is 1.46 bits per heavy atom. The van der Waals surface area contributed by atoms with Crippen LogP contribution in [0.5, 0.6) is 0 Å². The lowest BCUT2D eigenvalue weighted by atomic mass is 10.0. The number of anilines is 1. The largest absolute Gasteiger partial charge is 0.463 e. The molecule has 2 aromatic carbocycles. The molecule has 0 radical (unpaired) electrons. The third kappa shape index (κ3) is 3.49. The standard InChI is InChI=1S/C20H15N5O/c1-3-8-15(9-4-1)18-19(16-10-5-2-6-11-16)23-25-20(22-18)24-21-14-17-12-7-13-26-17/h1-14H,(H,22,24,25)/b21-14+. The van der Waals surface area contributed by atoms with Crippen molar-refractivity contribution in [3.63, 3.8) is 0 Å². The van der Waals surface area contributed by atoms with Crippen LogP contribution < -0.4 is 5.43 Å². The van der Waals surface area contributed by atoms with Crippen LogP contribution in [0.15, 0.2) is 88.6 Å². The van der Waals surface area contributed by atoms with Crippen LogP contribution in [0, 0.1) is 0 Å². The number of hydrogen-bond acceptors (Lipinski definition) is 6. The molecule has 0 aliphatic rings. The summed E-state index contributed by atoms with van der Waals surface area (Å²) in [6, 6.07) is 23.3. The fourth-order valence-corrected chi connectivity index (χ4v) is 2.48. The van der Waals surface area contributed by atoms with Gasteiger partial charge >= 0.3 is 0 Å². The maximum Gasteiger partial charge on any atom is 0.263 e. The van der Waals surface area contributed by atoms with E-state index in [1.165, 1.54) is 0 Å². The lowest BCUT2D eigenvalue weighted by molar-refractivity contribution is 0.560. The number of hydrazone groups is 1. The van der Waals surface area contributed by atoms with Gasteiger partial charge in [-0.3, -0.25) is 0 Å². The minimum absolute atomic E-state index is 0.311. The van der Waals surface area contributed by atoms with Crippen molar-refractivity contribution in [1.82, 2.24) is 15.2 Å². The molecule has 0 amide bonds. The summed E-state index contributed by atoms with van der Waals surface area (Å²) in [5, 5.41) is 12.6. The second kappa shape index (κ2) is 7.40. The van der Waals surface area contributed by atoms with Crippen LogP contribution in [0.3, 0.4) is 0 Å². The second-order valence-corrected chi connectivity index (χ2v) is 5.45.